The zero-order valence-electron chi connectivity index (χ0n) is 10.7. The normalized spacial score (nSPS) is 11.2. The van der Waals surface area contributed by atoms with Crippen molar-refractivity contribution in [1.82, 2.24) is 4.57 Å². The van der Waals surface area contributed by atoms with E-state index < -0.39 is 17.2 Å². The van der Waals surface area contributed by atoms with Gasteiger partial charge in [-0.3, -0.25) is 4.79 Å². The average Bonchev–Trinajstić information content (AvgIpc) is 2.31. The molecule has 1 aromatic heterocycles. The zero-order chi connectivity index (χ0) is 14.2. The van der Waals surface area contributed by atoms with Crippen LogP contribution in [-0.2, 0) is 6.54 Å². The van der Waals surface area contributed by atoms with Crippen molar-refractivity contribution in [3.63, 3.8) is 0 Å². The fraction of sp³-hybridized carbons (Fsp3) is 0.286. The van der Waals surface area contributed by atoms with Gasteiger partial charge in [0.15, 0.2) is 0 Å². The highest BCUT2D eigenvalue weighted by Crippen LogP contribution is 2.15. The van der Waals surface area contributed by atoms with Crippen LogP contribution in [0.5, 0.6) is 0 Å². The Morgan fingerprint density at radius 2 is 2.11 bits per heavy atom. The lowest BCUT2D eigenvalue weighted by Gasteiger charge is -2.14. The first-order chi connectivity index (χ1) is 8.90. The van der Waals surface area contributed by atoms with E-state index in [0.717, 1.165) is 6.07 Å². The van der Waals surface area contributed by atoms with Crippen molar-refractivity contribution < 1.29 is 14.3 Å². The van der Waals surface area contributed by atoms with Crippen LogP contribution in [-0.4, -0.2) is 15.6 Å². The summed E-state index contributed by atoms with van der Waals surface area (Å²) in [5.74, 6) is -1.57. The molecular formula is C14H14FNO3. The van der Waals surface area contributed by atoms with Crippen LogP contribution in [0.3, 0.4) is 0 Å². The maximum absolute atomic E-state index is 13.2. The molecule has 0 bridgehead atoms. The molecule has 5 heteroatoms. The number of hydrogen-bond acceptors (Lipinski definition) is 2. The Hall–Kier alpha value is -2.17. The molecule has 2 rings (SSSR count). The van der Waals surface area contributed by atoms with Gasteiger partial charge in [-0.25, -0.2) is 9.18 Å². The van der Waals surface area contributed by atoms with E-state index in [4.69, 9.17) is 5.11 Å². The number of benzene rings is 1. The van der Waals surface area contributed by atoms with Crippen molar-refractivity contribution in [3.8, 4) is 0 Å². The first-order valence-electron chi connectivity index (χ1n) is 5.96. The molecule has 100 valence electrons. The van der Waals surface area contributed by atoms with Crippen molar-refractivity contribution in [2.45, 2.75) is 20.4 Å². The summed E-state index contributed by atoms with van der Waals surface area (Å²) in [6, 6.07) is 3.85. The van der Waals surface area contributed by atoms with Crippen molar-refractivity contribution in [2.24, 2.45) is 5.92 Å². The number of carboxylic acid groups (broad SMARTS) is 1. The Kier molecular flexibility index (Phi) is 3.38. The summed E-state index contributed by atoms with van der Waals surface area (Å²) in [7, 11) is 0. The second-order valence-corrected chi connectivity index (χ2v) is 4.88. The minimum Gasteiger partial charge on any atom is -0.477 e. The standard InChI is InChI=1S/C14H14FNO3/c1-8(2)6-16-7-11(14(18)19)13(17)10-5-9(15)3-4-12(10)16/h3-5,7-8H,6H2,1-2H3,(H,18,19). The van der Waals surface area contributed by atoms with Gasteiger partial charge in [0.2, 0.25) is 5.43 Å². The Morgan fingerprint density at radius 1 is 1.42 bits per heavy atom. The van der Waals surface area contributed by atoms with Crippen LogP contribution < -0.4 is 5.43 Å². The number of pyridine rings is 1. The summed E-state index contributed by atoms with van der Waals surface area (Å²) < 4.78 is 14.9. The number of fused-ring (bicyclic) bond motifs is 1. The van der Waals surface area contributed by atoms with Gasteiger partial charge in [-0.15, -0.1) is 0 Å². The summed E-state index contributed by atoms with van der Waals surface area (Å²) in [4.78, 5) is 23.1. The Balaban J connectivity index is 2.83. The molecule has 4 nitrogen and oxygen atoms in total. The number of carboxylic acids is 1. The molecular weight excluding hydrogens is 249 g/mol. The Labute approximate surface area is 109 Å². The van der Waals surface area contributed by atoms with Crippen LogP contribution in [0.25, 0.3) is 10.9 Å². The SMILES string of the molecule is CC(C)Cn1cc(C(=O)O)c(=O)c2cc(F)ccc21. The van der Waals surface area contributed by atoms with Crippen molar-refractivity contribution in [3.05, 3.63) is 46.0 Å². The number of halogens is 1. The molecule has 1 heterocycles. The lowest BCUT2D eigenvalue weighted by molar-refractivity contribution is 0.0694. The van der Waals surface area contributed by atoms with Crippen LogP contribution in [0.4, 0.5) is 4.39 Å². The molecule has 0 aliphatic rings. The molecule has 0 radical (unpaired) electrons. The number of rotatable bonds is 3. The summed E-state index contributed by atoms with van der Waals surface area (Å²) in [5.41, 5.74) is -0.439. The van der Waals surface area contributed by atoms with Crippen LogP contribution in [0.2, 0.25) is 0 Å². The number of aromatic carboxylic acids is 1. The smallest absolute Gasteiger partial charge is 0.341 e. The minimum absolute atomic E-state index is 0.0977. The summed E-state index contributed by atoms with van der Waals surface area (Å²) in [6.07, 6.45) is 1.32. The van der Waals surface area contributed by atoms with Gasteiger partial charge >= 0.3 is 5.97 Å². The van der Waals surface area contributed by atoms with Gasteiger partial charge in [0.1, 0.15) is 11.4 Å². The van der Waals surface area contributed by atoms with Gasteiger partial charge in [0.05, 0.1) is 5.52 Å². The molecule has 19 heavy (non-hydrogen) atoms. The third-order valence-electron chi connectivity index (χ3n) is 2.83. The van der Waals surface area contributed by atoms with Crippen molar-refractivity contribution in [1.29, 1.82) is 0 Å². The first kappa shape index (κ1) is 13.3. The van der Waals surface area contributed by atoms with Crippen LogP contribution in [0, 0.1) is 11.7 Å². The average molecular weight is 263 g/mol. The largest absolute Gasteiger partial charge is 0.477 e. The molecule has 0 spiro atoms. The number of carbonyl (C=O) groups is 1. The molecule has 0 atom stereocenters. The number of hydrogen-bond donors (Lipinski definition) is 1. The maximum atomic E-state index is 13.2. The second kappa shape index (κ2) is 4.84. The molecule has 0 saturated carbocycles. The predicted octanol–water partition coefficient (Wildman–Crippen LogP) is 2.49. The number of nitrogens with zero attached hydrogens (tertiary/aromatic N) is 1. The molecule has 2 aromatic rings. The minimum atomic E-state index is -1.30. The van der Waals surface area contributed by atoms with E-state index in [0.29, 0.717) is 12.1 Å². The highest BCUT2D eigenvalue weighted by molar-refractivity contribution is 5.92. The topological polar surface area (TPSA) is 59.3 Å². The van der Waals surface area contributed by atoms with E-state index in [1.54, 1.807) is 4.57 Å². The van der Waals surface area contributed by atoms with Crippen LogP contribution in [0.15, 0.2) is 29.2 Å². The second-order valence-electron chi connectivity index (χ2n) is 4.88. The fourth-order valence-electron chi connectivity index (χ4n) is 2.07. The third-order valence-corrected chi connectivity index (χ3v) is 2.83. The van der Waals surface area contributed by atoms with E-state index in [9.17, 15) is 14.0 Å². The van der Waals surface area contributed by atoms with E-state index in [2.05, 4.69) is 0 Å². The van der Waals surface area contributed by atoms with Gasteiger partial charge in [-0.05, 0) is 24.1 Å². The van der Waals surface area contributed by atoms with Crippen molar-refractivity contribution in [2.75, 3.05) is 0 Å². The Bertz CT molecular complexity index is 704. The zero-order valence-corrected chi connectivity index (χ0v) is 10.7. The number of aromatic nitrogens is 1. The van der Waals surface area contributed by atoms with E-state index in [1.165, 1.54) is 18.3 Å². The molecule has 0 saturated heterocycles. The molecule has 0 aliphatic heterocycles. The molecule has 1 N–H and O–H groups in total. The van der Waals surface area contributed by atoms with E-state index in [-0.39, 0.29) is 16.9 Å². The van der Waals surface area contributed by atoms with Crippen LogP contribution in [0.1, 0.15) is 24.2 Å². The van der Waals surface area contributed by atoms with Gasteiger partial charge in [0.25, 0.3) is 0 Å². The summed E-state index contributed by atoms with van der Waals surface area (Å²) in [5, 5.41) is 9.14. The van der Waals surface area contributed by atoms with Gasteiger partial charge < -0.3 is 9.67 Å². The lowest BCUT2D eigenvalue weighted by atomic mass is 10.1. The van der Waals surface area contributed by atoms with E-state index >= 15 is 0 Å². The van der Waals surface area contributed by atoms with Gasteiger partial charge in [-0.2, -0.15) is 0 Å². The predicted molar refractivity (Wildman–Crippen MR) is 70.0 cm³/mol. The summed E-state index contributed by atoms with van der Waals surface area (Å²) in [6.45, 7) is 4.52. The summed E-state index contributed by atoms with van der Waals surface area (Å²) >= 11 is 0. The van der Waals surface area contributed by atoms with E-state index in [1.807, 2.05) is 13.8 Å². The molecule has 1 aromatic carbocycles. The third kappa shape index (κ3) is 2.50. The fourth-order valence-corrected chi connectivity index (χ4v) is 2.07. The lowest BCUT2D eigenvalue weighted by Crippen LogP contribution is -2.20. The van der Waals surface area contributed by atoms with Crippen molar-refractivity contribution >= 4 is 16.9 Å². The highest BCUT2D eigenvalue weighted by atomic mass is 19.1. The van der Waals surface area contributed by atoms with Crippen LogP contribution >= 0.6 is 0 Å². The molecule has 0 unspecified atom stereocenters. The maximum Gasteiger partial charge on any atom is 0.341 e. The highest BCUT2D eigenvalue weighted by Gasteiger charge is 2.15. The van der Waals surface area contributed by atoms with Gasteiger partial charge in [-0.1, -0.05) is 13.8 Å². The molecule has 0 amide bonds. The first-order valence-corrected chi connectivity index (χ1v) is 5.96. The monoisotopic (exact) mass is 263 g/mol. The molecule has 0 fully saturated rings. The molecule has 0 aliphatic carbocycles. The Morgan fingerprint density at radius 3 is 2.68 bits per heavy atom. The van der Waals surface area contributed by atoms with Gasteiger partial charge in [0, 0.05) is 18.1 Å². The quantitative estimate of drug-likeness (QED) is 0.925.